The van der Waals surface area contributed by atoms with Gasteiger partial charge in [0, 0.05) is 13.2 Å². The SMILES string of the molecule is CCc1ccc(C2C(C(=O)c3sc(C)nc3C)=C(O)C(=O)N2CC2CCCO2)cc1. The van der Waals surface area contributed by atoms with Crippen LogP contribution in [0.5, 0.6) is 0 Å². The number of ketones is 1. The number of Topliss-reactive ketones (excluding diaryl/α,β-unsaturated/α-hetero) is 1. The third-order valence-electron chi connectivity index (χ3n) is 5.79. The van der Waals surface area contributed by atoms with E-state index in [1.807, 2.05) is 31.2 Å². The van der Waals surface area contributed by atoms with Crippen LogP contribution in [0.1, 0.15) is 57.3 Å². The van der Waals surface area contributed by atoms with Crippen molar-refractivity contribution in [2.75, 3.05) is 13.2 Å². The second kappa shape index (κ2) is 8.32. The van der Waals surface area contributed by atoms with E-state index in [0.717, 1.165) is 29.8 Å². The monoisotopic (exact) mass is 426 g/mol. The molecule has 3 heterocycles. The number of ether oxygens (including phenoxy) is 1. The molecule has 158 valence electrons. The summed E-state index contributed by atoms with van der Waals surface area (Å²) in [6, 6.07) is 7.25. The number of aliphatic hydroxyl groups is 1. The molecule has 2 aliphatic heterocycles. The quantitative estimate of drug-likeness (QED) is 0.704. The summed E-state index contributed by atoms with van der Waals surface area (Å²) in [6.07, 6.45) is 2.63. The summed E-state index contributed by atoms with van der Waals surface area (Å²) in [5, 5.41) is 11.6. The van der Waals surface area contributed by atoms with Crippen LogP contribution in [0.2, 0.25) is 0 Å². The van der Waals surface area contributed by atoms with E-state index in [4.69, 9.17) is 4.74 Å². The first-order valence-corrected chi connectivity index (χ1v) is 11.2. The van der Waals surface area contributed by atoms with Crippen LogP contribution in [-0.4, -0.2) is 45.9 Å². The largest absolute Gasteiger partial charge is 0.503 e. The molecule has 2 atom stereocenters. The third-order valence-corrected chi connectivity index (χ3v) is 6.86. The Morgan fingerprint density at radius 3 is 2.60 bits per heavy atom. The minimum absolute atomic E-state index is 0.0824. The van der Waals surface area contributed by atoms with Gasteiger partial charge >= 0.3 is 0 Å². The lowest BCUT2D eigenvalue weighted by atomic mass is 9.94. The number of aryl methyl sites for hydroxylation is 3. The molecule has 1 aromatic carbocycles. The molecule has 1 N–H and O–H groups in total. The lowest BCUT2D eigenvalue weighted by molar-refractivity contribution is -0.131. The average molecular weight is 427 g/mol. The minimum Gasteiger partial charge on any atom is -0.503 e. The van der Waals surface area contributed by atoms with Gasteiger partial charge in [0.25, 0.3) is 5.91 Å². The van der Waals surface area contributed by atoms with Crippen molar-refractivity contribution in [2.45, 2.75) is 52.2 Å². The van der Waals surface area contributed by atoms with E-state index in [-0.39, 0.29) is 17.5 Å². The van der Waals surface area contributed by atoms with Gasteiger partial charge in [-0.05, 0) is 44.2 Å². The van der Waals surface area contributed by atoms with Crippen LogP contribution in [0.25, 0.3) is 0 Å². The van der Waals surface area contributed by atoms with Crippen molar-refractivity contribution >= 4 is 23.0 Å². The molecule has 1 amide bonds. The van der Waals surface area contributed by atoms with E-state index in [9.17, 15) is 14.7 Å². The normalized spacial score (nSPS) is 21.7. The van der Waals surface area contributed by atoms with Crippen LogP contribution in [0.4, 0.5) is 0 Å². The van der Waals surface area contributed by atoms with Gasteiger partial charge < -0.3 is 14.7 Å². The Labute approximate surface area is 180 Å². The summed E-state index contributed by atoms with van der Waals surface area (Å²) >= 11 is 1.29. The predicted octanol–water partition coefficient (Wildman–Crippen LogP) is 4.08. The number of aromatic nitrogens is 1. The molecule has 0 aliphatic carbocycles. The first-order chi connectivity index (χ1) is 14.4. The second-order valence-corrected chi connectivity index (χ2v) is 9.03. The van der Waals surface area contributed by atoms with Crippen LogP contribution in [0.3, 0.4) is 0 Å². The van der Waals surface area contributed by atoms with Gasteiger partial charge in [0.1, 0.15) is 0 Å². The molecule has 2 aromatic rings. The molecule has 30 heavy (non-hydrogen) atoms. The topological polar surface area (TPSA) is 79.7 Å². The minimum atomic E-state index is -0.637. The molecular weight excluding hydrogens is 400 g/mol. The van der Waals surface area contributed by atoms with Crippen molar-refractivity contribution in [3.05, 3.63) is 62.3 Å². The Kier molecular flexibility index (Phi) is 5.75. The first kappa shape index (κ1) is 20.8. The molecule has 1 fully saturated rings. The Morgan fingerprint density at radius 2 is 2.03 bits per heavy atom. The molecule has 2 aliphatic rings. The third kappa shape index (κ3) is 3.68. The number of hydrogen-bond donors (Lipinski definition) is 1. The van der Waals surface area contributed by atoms with Crippen LogP contribution in [-0.2, 0) is 16.0 Å². The van der Waals surface area contributed by atoms with E-state index >= 15 is 0 Å². The highest BCUT2D eigenvalue weighted by Gasteiger charge is 2.45. The molecule has 0 radical (unpaired) electrons. The zero-order valence-corrected chi connectivity index (χ0v) is 18.3. The van der Waals surface area contributed by atoms with E-state index < -0.39 is 17.7 Å². The van der Waals surface area contributed by atoms with Gasteiger partial charge in [-0.2, -0.15) is 0 Å². The molecule has 0 saturated carbocycles. The van der Waals surface area contributed by atoms with Crippen molar-refractivity contribution in [2.24, 2.45) is 0 Å². The highest BCUT2D eigenvalue weighted by atomic mass is 32.1. The zero-order valence-electron chi connectivity index (χ0n) is 17.5. The fraction of sp³-hybridized carbons (Fsp3) is 0.435. The van der Waals surface area contributed by atoms with Crippen LogP contribution in [0, 0.1) is 13.8 Å². The standard InChI is InChI=1S/C23H26N2O4S/c1-4-15-7-9-16(10-8-15)19-18(20(26)22-13(2)24-14(3)30-22)21(27)23(28)25(19)12-17-6-5-11-29-17/h7-10,17,19,27H,4-6,11-12H2,1-3H3. The van der Waals surface area contributed by atoms with Crippen LogP contribution < -0.4 is 0 Å². The molecule has 2 unspecified atom stereocenters. The Morgan fingerprint density at radius 1 is 1.30 bits per heavy atom. The number of hydrogen-bond acceptors (Lipinski definition) is 6. The molecule has 7 heteroatoms. The molecule has 4 rings (SSSR count). The summed E-state index contributed by atoms with van der Waals surface area (Å²) in [4.78, 5) is 32.9. The van der Waals surface area contributed by atoms with Gasteiger partial charge in [-0.3, -0.25) is 9.59 Å². The predicted molar refractivity (Wildman–Crippen MR) is 115 cm³/mol. The number of thiazole rings is 1. The molecule has 0 bridgehead atoms. The highest BCUT2D eigenvalue weighted by Crippen LogP contribution is 2.40. The number of aliphatic hydroxyl groups excluding tert-OH is 1. The van der Waals surface area contributed by atoms with Crippen LogP contribution >= 0.6 is 11.3 Å². The van der Waals surface area contributed by atoms with Gasteiger partial charge in [-0.25, -0.2) is 4.98 Å². The smallest absolute Gasteiger partial charge is 0.290 e. The van der Waals surface area contributed by atoms with Crippen molar-refractivity contribution in [3.63, 3.8) is 0 Å². The number of rotatable bonds is 6. The van der Waals surface area contributed by atoms with Crippen molar-refractivity contribution < 1.29 is 19.4 Å². The zero-order chi connectivity index (χ0) is 21.4. The van der Waals surface area contributed by atoms with E-state index in [1.165, 1.54) is 16.9 Å². The second-order valence-electron chi connectivity index (χ2n) is 7.83. The van der Waals surface area contributed by atoms with Crippen molar-refractivity contribution in [3.8, 4) is 0 Å². The fourth-order valence-electron chi connectivity index (χ4n) is 4.23. The van der Waals surface area contributed by atoms with E-state index in [2.05, 4.69) is 11.9 Å². The van der Waals surface area contributed by atoms with Gasteiger partial charge in [0.05, 0.1) is 33.3 Å². The van der Waals surface area contributed by atoms with E-state index in [1.54, 1.807) is 11.8 Å². The number of amides is 1. The van der Waals surface area contributed by atoms with Crippen molar-refractivity contribution in [1.29, 1.82) is 0 Å². The maximum atomic E-state index is 13.5. The maximum absolute atomic E-state index is 13.5. The summed E-state index contributed by atoms with van der Waals surface area (Å²) in [5.74, 6) is -1.31. The Balaban J connectivity index is 1.77. The number of carbonyl (C=O) groups excluding carboxylic acids is 2. The average Bonchev–Trinajstić information content (AvgIpc) is 3.43. The summed E-state index contributed by atoms with van der Waals surface area (Å²) < 4.78 is 5.74. The molecule has 0 spiro atoms. The van der Waals surface area contributed by atoms with Gasteiger partial charge in [0.2, 0.25) is 5.78 Å². The van der Waals surface area contributed by atoms with Gasteiger partial charge in [-0.15, -0.1) is 11.3 Å². The molecular formula is C23H26N2O4S. The molecule has 1 aromatic heterocycles. The summed E-state index contributed by atoms with van der Waals surface area (Å²) in [7, 11) is 0. The number of carbonyl (C=O) groups is 2. The maximum Gasteiger partial charge on any atom is 0.290 e. The van der Waals surface area contributed by atoms with Gasteiger partial charge in [-0.1, -0.05) is 31.2 Å². The highest BCUT2D eigenvalue weighted by molar-refractivity contribution is 7.14. The number of nitrogens with zero attached hydrogens (tertiary/aromatic N) is 2. The van der Waals surface area contributed by atoms with Crippen molar-refractivity contribution in [1.82, 2.24) is 9.88 Å². The van der Waals surface area contributed by atoms with Crippen LogP contribution in [0.15, 0.2) is 35.6 Å². The number of benzene rings is 1. The summed E-state index contributed by atoms with van der Waals surface area (Å²) in [5.41, 5.74) is 2.73. The lowest BCUT2D eigenvalue weighted by Crippen LogP contribution is -2.37. The lowest BCUT2D eigenvalue weighted by Gasteiger charge is -2.29. The molecule has 6 nitrogen and oxygen atoms in total. The van der Waals surface area contributed by atoms with E-state index in [0.29, 0.717) is 23.7 Å². The fourth-order valence-corrected chi connectivity index (χ4v) is 5.10. The first-order valence-electron chi connectivity index (χ1n) is 10.3. The Hall–Kier alpha value is -2.51. The summed E-state index contributed by atoms with van der Waals surface area (Å²) in [6.45, 7) is 6.72. The molecule has 1 saturated heterocycles. The Bertz CT molecular complexity index is 1000. The van der Waals surface area contributed by atoms with Gasteiger partial charge in [0.15, 0.2) is 5.76 Å².